The number of methoxy groups -OCH3 is 5. The maximum atomic E-state index is 13.5. The summed E-state index contributed by atoms with van der Waals surface area (Å²) in [5, 5.41) is 10.3. The molecule has 0 saturated carbocycles. The number of hydrogen-bond acceptors (Lipinski definition) is 8. The Bertz CT molecular complexity index is 871. The summed E-state index contributed by atoms with van der Waals surface area (Å²) in [6, 6.07) is 8.27. The van der Waals surface area contributed by atoms with Crippen LogP contribution in [0.4, 0.5) is 0 Å². The fraction of sp³-hybridized carbons (Fsp3) is 0.350. The second-order valence-electron chi connectivity index (χ2n) is 6.01. The van der Waals surface area contributed by atoms with Gasteiger partial charge in [0.1, 0.15) is 17.1 Å². The van der Waals surface area contributed by atoms with Gasteiger partial charge in [-0.2, -0.15) is 0 Å². The lowest BCUT2D eigenvalue weighted by atomic mass is 9.89. The van der Waals surface area contributed by atoms with Gasteiger partial charge in [0.15, 0.2) is 17.6 Å². The standard InChI is InChI=1S/C20H22O8/c1-23-12-8-6-11(7-9-12)19-20(26-4,27-5)18(22)15-14(28-19)10-13(21)16(24-2)17(15)25-3/h6-10,19,21H,1-5H3. The number of ether oxygens (including phenoxy) is 6. The minimum absolute atomic E-state index is 0.0159. The molecule has 8 heteroatoms. The second kappa shape index (κ2) is 7.57. The topological polar surface area (TPSA) is 92.7 Å². The monoisotopic (exact) mass is 390 g/mol. The normalized spacial score (nSPS) is 17.5. The molecule has 1 N–H and O–H groups in total. The van der Waals surface area contributed by atoms with Gasteiger partial charge in [-0.05, 0) is 17.7 Å². The van der Waals surface area contributed by atoms with E-state index in [-0.39, 0.29) is 28.6 Å². The lowest BCUT2D eigenvalue weighted by Crippen LogP contribution is -2.53. The third-order valence-electron chi connectivity index (χ3n) is 4.75. The van der Waals surface area contributed by atoms with Gasteiger partial charge in [0.05, 0.1) is 21.3 Å². The van der Waals surface area contributed by atoms with E-state index in [1.807, 2.05) is 0 Å². The van der Waals surface area contributed by atoms with Crippen LogP contribution in [-0.2, 0) is 9.47 Å². The minimum Gasteiger partial charge on any atom is -0.504 e. The first-order chi connectivity index (χ1) is 13.5. The van der Waals surface area contributed by atoms with Crippen molar-refractivity contribution in [2.24, 2.45) is 0 Å². The Labute approximate surface area is 162 Å². The van der Waals surface area contributed by atoms with Gasteiger partial charge >= 0.3 is 0 Å². The van der Waals surface area contributed by atoms with Gasteiger partial charge in [0, 0.05) is 20.3 Å². The minimum atomic E-state index is -1.77. The Hall–Kier alpha value is -2.97. The number of aromatic hydroxyl groups is 1. The maximum Gasteiger partial charge on any atom is 0.276 e. The van der Waals surface area contributed by atoms with Crippen molar-refractivity contribution >= 4 is 5.78 Å². The molecule has 1 atom stereocenters. The lowest BCUT2D eigenvalue weighted by Gasteiger charge is -2.41. The summed E-state index contributed by atoms with van der Waals surface area (Å²) < 4.78 is 32.8. The Balaban J connectivity index is 2.22. The zero-order valence-electron chi connectivity index (χ0n) is 16.3. The van der Waals surface area contributed by atoms with Crippen molar-refractivity contribution in [2.45, 2.75) is 11.9 Å². The molecule has 0 radical (unpaired) electrons. The van der Waals surface area contributed by atoms with Gasteiger partial charge in [-0.3, -0.25) is 4.79 Å². The zero-order chi connectivity index (χ0) is 20.5. The van der Waals surface area contributed by atoms with E-state index in [0.29, 0.717) is 11.3 Å². The van der Waals surface area contributed by atoms with Gasteiger partial charge < -0.3 is 33.5 Å². The first kappa shape index (κ1) is 19.8. The number of carbonyl (C=O) groups is 1. The van der Waals surface area contributed by atoms with Crippen molar-refractivity contribution in [2.75, 3.05) is 35.5 Å². The molecule has 2 aromatic rings. The molecule has 3 rings (SSSR count). The lowest BCUT2D eigenvalue weighted by molar-refractivity contribution is -0.222. The van der Waals surface area contributed by atoms with Crippen LogP contribution >= 0.6 is 0 Å². The van der Waals surface area contributed by atoms with E-state index >= 15 is 0 Å². The predicted molar refractivity (Wildman–Crippen MR) is 98.7 cm³/mol. The predicted octanol–water partition coefficient (Wildman–Crippen LogP) is 2.72. The number of fused-ring (bicyclic) bond motifs is 1. The number of rotatable bonds is 6. The third-order valence-corrected chi connectivity index (χ3v) is 4.75. The molecular weight excluding hydrogens is 368 g/mol. The van der Waals surface area contributed by atoms with E-state index in [0.717, 1.165) is 0 Å². The zero-order valence-corrected chi connectivity index (χ0v) is 16.3. The molecule has 1 heterocycles. The quantitative estimate of drug-likeness (QED) is 0.753. The summed E-state index contributed by atoms with van der Waals surface area (Å²) in [4.78, 5) is 13.5. The first-order valence-electron chi connectivity index (χ1n) is 8.41. The van der Waals surface area contributed by atoms with Crippen LogP contribution in [0.5, 0.6) is 28.7 Å². The smallest absolute Gasteiger partial charge is 0.276 e. The average Bonchev–Trinajstić information content (AvgIpc) is 2.73. The van der Waals surface area contributed by atoms with Crippen LogP contribution in [0.15, 0.2) is 30.3 Å². The number of Topliss-reactive ketones (excluding diaryl/α,β-unsaturated/α-hetero) is 1. The van der Waals surface area contributed by atoms with E-state index in [1.54, 1.807) is 31.4 Å². The number of phenols is 1. The molecule has 0 spiro atoms. The van der Waals surface area contributed by atoms with E-state index in [4.69, 9.17) is 28.4 Å². The number of benzene rings is 2. The molecule has 1 aliphatic rings. The number of ketones is 1. The van der Waals surface area contributed by atoms with Crippen molar-refractivity contribution < 1.29 is 38.3 Å². The largest absolute Gasteiger partial charge is 0.504 e. The van der Waals surface area contributed by atoms with Gasteiger partial charge in [-0.1, -0.05) is 12.1 Å². The maximum absolute atomic E-state index is 13.5. The van der Waals surface area contributed by atoms with E-state index in [2.05, 4.69) is 0 Å². The number of hydrogen-bond donors (Lipinski definition) is 1. The molecular formula is C20H22O8. The molecule has 2 aromatic carbocycles. The van der Waals surface area contributed by atoms with Crippen LogP contribution in [0.3, 0.4) is 0 Å². The van der Waals surface area contributed by atoms with Gasteiger partial charge in [0.2, 0.25) is 11.5 Å². The van der Waals surface area contributed by atoms with E-state index < -0.39 is 17.7 Å². The van der Waals surface area contributed by atoms with Crippen molar-refractivity contribution in [1.29, 1.82) is 0 Å². The Morgan fingerprint density at radius 1 is 0.929 bits per heavy atom. The van der Waals surface area contributed by atoms with Crippen LogP contribution in [-0.4, -0.2) is 52.2 Å². The summed E-state index contributed by atoms with van der Waals surface area (Å²) in [5.41, 5.74) is 0.684. The summed E-state index contributed by atoms with van der Waals surface area (Å²) >= 11 is 0. The molecule has 28 heavy (non-hydrogen) atoms. The van der Waals surface area contributed by atoms with Crippen LogP contribution in [0, 0.1) is 0 Å². The number of phenolic OH excluding ortho intramolecular Hbond substituents is 1. The van der Waals surface area contributed by atoms with E-state index in [9.17, 15) is 9.90 Å². The first-order valence-corrected chi connectivity index (χ1v) is 8.41. The highest BCUT2D eigenvalue weighted by molar-refractivity contribution is 6.08. The Morgan fingerprint density at radius 3 is 2.04 bits per heavy atom. The van der Waals surface area contributed by atoms with Crippen molar-refractivity contribution in [3.05, 3.63) is 41.5 Å². The summed E-state index contributed by atoms with van der Waals surface area (Å²) in [6.07, 6.45) is -0.939. The molecule has 0 amide bonds. The van der Waals surface area contributed by atoms with Gasteiger partial charge in [-0.15, -0.1) is 0 Å². The molecule has 0 aromatic heterocycles. The molecule has 1 aliphatic heterocycles. The molecule has 0 fully saturated rings. The highest BCUT2D eigenvalue weighted by Crippen LogP contribution is 2.52. The van der Waals surface area contributed by atoms with Crippen LogP contribution < -0.4 is 18.9 Å². The highest BCUT2D eigenvalue weighted by Gasteiger charge is 2.55. The highest BCUT2D eigenvalue weighted by atomic mass is 16.7. The average molecular weight is 390 g/mol. The van der Waals surface area contributed by atoms with Crippen LogP contribution in [0.1, 0.15) is 22.0 Å². The van der Waals surface area contributed by atoms with Crippen LogP contribution in [0.2, 0.25) is 0 Å². The number of carbonyl (C=O) groups excluding carboxylic acids is 1. The molecule has 0 bridgehead atoms. The SMILES string of the molecule is COc1ccc(C2Oc3cc(O)c(OC)c(OC)c3C(=O)C2(OC)OC)cc1. The molecule has 1 unspecified atom stereocenters. The Kier molecular flexibility index (Phi) is 5.35. The molecule has 0 saturated heterocycles. The fourth-order valence-corrected chi connectivity index (χ4v) is 3.35. The summed E-state index contributed by atoms with van der Waals surface area (Å²) in [6.45, 7) is 0. The Morgan fingerprint density at radius 2 is 1.54 bits per heavy atom. The fourth-order valence-electron chi connectivity index (χ4n) is 3.35. The molecule has 0 aliphatic carbocycles. The van der Waals surface area contributed by atoms with Crippen molar-refractivity contribution in [1.82, 2.24) is 0 Å². The summed E-state index contributed by atoms with van der Waals surface area (Å²) in [7, 11) is 7.00. The second-order valence-corrected chi connectivity index (χ2v) is 6.01. The van der Waals surface area contributed by atoms with Gasteiger partial charge in [-0.25, -0.2) is 0 Å². The van der Waals surface area contributed by atoms with Crippen molar-refractivity contribution in [3.8, 4) is 28.7 Å². The van der Waals surface area contributed by atoms with Crippen molar-refractivity contribution in [3.63, 3.8) is 0 Å². The van der Waals surface area contributed by atoms with E-state index in [1.165, 1.54) is 34.5 Å². The van der Waals surface area contributed by atoms with Gasteiger partial charge in [0.25, 0.3) is 5.79 Å². The molecule has 150 valence electrons. The van der Waals surface area contributed by atoms with Crippen LogP contribution in [0.25, 0.3) is 0 Å². The molecule has 8 nitrogen and oxygen atoms in total. The third kappa shape index (κ3) is 2.81. The summed E-state index contributed by atoms with van der Waals surface area (Å²) in [5.74, 6) is -1.68.